The van der Waals surface area contributed by atoms with E-state index >= 15 is 0 Å². The van der Waals surface area contributed by atoms with Crippen LogP contribution in [-0.2, 0) is 16.5 Å². The Balaban J connectivity index is 2.04. The van der Waals surface area contributed by atoms with Crippen LogP contribution >= 0.6 is 11.6 Å². The van der Waals surface area contributed by atoms with E-state index in [1.165, 1.54) is 24.7 Å². The summed E-state index contributed by atoms with van der Waals surface area (Å²) in [6, 6.07) is 9.35. The van der Waals surface area contributed by atoms with E-state index in [0.29, 0.717) is 22.6 Å². The van der Waals surface area contributed by atoms with Crippen molar-refractivity contribution < 1.29 is 12.8 Å². The van der Waals surface area contributed by atoms with Crippen LogP contribution in [0.15, 0.2) is 48.9 Å². The standard InChI is InChI=1S/C15H11ClFN3O2S/c16-15-14(10-2-1-3-11(17)6-10)20(9-19-15)13-5-4-12(18-7-13)8-23(21)22/h1-7,9,23H,8H2. The molecule has 0 bridgehead atoms. The van der Waals surface area contributed by atoms with Gasteiger partial charge in [-0.2, -0.15) is 0 Å². The van der Waals surface area contributed by atoms with Gasteiger partial charge in [-0.05, 0) is 24.3 Å². The molecule has 118 valence electrons. The third-order valence-electron chi connectivity index (χ3n) is 3.20. The largest absolute Gasteiger partial charge is 0.296 e. The Kier molecular flexibility index (Phi) is 4.40. The van der Waals surface area contributed by atoms with Crippen LogP contribution in [0.4, 0.5) is 4.39 Å². The zero-order chi connectivity index (χ0) is 16.4. The van der Waals surface area contributed by atoms with Crippen molar-refractivity contribution in [3.05, 3.63) is 65.6 Å². The number of aromatic nitrogens is 3. The topological polar surface area (TPSA) is 64.8 Å². The van der Waals surface area contributed by atoms with E-state index in [4.69, 9.17) is 11.6 Å². The zero-order valence-corrected chi connectivity index (χ0v) is 13.3. The first-order valence-electron chi connectivity index (χ1n) is 6.60. The van der Waals surface area contributed by atoms with Gasteiger partial charge in [0.1, 0.15) is 22.8 Å². The number of pyridine rings is 1. The van der Waals surface area contributed by atoms with E-state index in [0.717, 1.165) is 0 Å². The van der Waals surface area contributed by atoms with Gasteiger partial charge in [0, 0.05) is 5.56 Å². The van der Waals surface area contributed by atoms with Gasteiger partial charge in [-0.1, -0.05) is 23.7 Å². The van der Waals surface area contributed by atoms with Crippen LogP contribution < -0.4 is 0 Å². The molecule has 0 saturated carbocycles. The lowest BCUT2D eigenvalue weighted by Gasteiger charge is -2.09. The lowest BCUT2D eigenvalue weighted by atomic mass is 10.1. The van der Waals surface area contributed by atoms with Gasteiger partial charge >= 0.3 is 0 Å². The molecule has 3 aromatic rings. The second kappa shape index (κ2) is 6.47. The molecule has 23 heavy (non-hydrogen) atoms. The quantitative estimate of drug-likeness (QED) is 0.734. The van der Waals surface area contributed by atoms with Crippen LogP contribution in [0.2, 0.25) is 5.15 Å². The molecule has 0 amide bonds. The summed E-state index contributed by atoms with van der Waals surface area (Å²) in [6.45, 7) is 0. The Morgan fingerprint density at radius 1 is 1.17 bits per heavy atom. The summed E-state index contributed by atoms with van der Waals surface area (Å²) >= 11 is 6.13. The molecule has 2 aromatic heterocycles. The first kappa shape index (κ1) is 15.6. The fourth-order valence-corrected chi connectivity index (χ4v) is 2.90. The SMILES string of the molecule is O=[SH](=O)Cc1ccc(-n2cnc(Cl)c2-c2cccc(F)c2)cn1. The molecule has 0 aliphatic rings. The number of halogens is 2. The van der Waals surface area contributed by atoms with Crippen molar-refractivity contribution in [1.29, 1.82) is 0 Å². The Morgan fingerprint density at radius 3 is 2.65 bits per heavy atom. The van der Waals surface area contributed by atoms with E-state index in [1.54, 1.807) is 28.8 Å². The minimum atomic E-state index is -2.53. The van der Waals surface area contributed by atoms with Gasteiger partial charge in [0.2, 0.25) is 0 Å². The van der Waals surface area contributed by atoms with Crippen molar-refractivity contribution in [3.63, 3.8) is 0 Å². The first-order valence-corrected chi connectivity index (χ1v) is 8.34. The maximum absolute atomic E-state index is 13.5. The maximum atomic E-state index is 13.5. The lowest BCUT2D eigenvalue weighted by Crippen LogP contribution is -1.99. The molecule has 2 heterocycles. The average Bonchev–Trinajstić information content (AvgIpc) is 2.89. The second-order valence-corrected chi connectivity index (χ2v) is 6.10. The van der Waals surface area contributed by atoms with Crippen LogP contribution in [0, 0.1) is 5.82 Å². The predicted octanol–water partition coefficient (Wildman–Crippen LogP) is 2.84. The number of rotatable bonds is 4. The van der Waals surface area contributed by atoms with Gasteiger partial charge < -0.3 is 0 Å². The van der Waals surface area contributed by atoms with Crippen LogP contribution in [-0.4, -0.2) is 23.0 Å². The maximum Gasteiger partial charge on any atom is 0.155 e. The predicted molar refractivity (Wildman–Crippen MR) is 85.8 cm³/mol. The Hall–Kier alpha value is -2.25. The van der Waals surface area contributed by atoms with E-state index in [1.807, 2.05) is 0 Å². The molecule has 0 aliphatic heterocycles. The average molecular weight is 352 g/mol. The Labute approximate surface area is 138 Å². The number of benzene rings is 1. The smallest absolute Gasteiger partial charge is 0.155 e. The first-order chi connectivity index (χ1) is 11.0. The molecule has 0 unspecified atom stereocenters. The van der Waals surface area contributed by atoms with Crippen molar-refractivity contribution in [2.24, 2.45) is 0 Å². The third kappa shape index (κ3) is 3.40. The van der Waals surface area contributed by atoms with E-state index in [9.17, 15) is 12.8 Å². The van der Waals surface area contributed by atoms with Gasteiger partial charge in [0.05, 0.1) is 29.0 Å². The van der Waals surface area contributed by atoms with Gasteiger partial charge in [-0.25, -0.2) is 17.8 Å². The monoisotopic (exact) mass is 351 g/mol. The Bertz CT molecular complexity index is 915. The number of imidazole rings is 1. The van der Waals surface area contributed by atoms with E-state index < -0.39 is 10.7 Å². The molecule has 0 aliphatic carbocycles. The number of nitrogens with zero attached hydrogens (tertiary/aromatic N) is 3. The molecule has 3 rings (SSSR count). The van der Waals surface area contributed by atoms with E-state index in [2.05, 4.69) is 9.97 Å². The summed E-state index contributed by atoms with van der Waals surface area (Å²) in [5, 5.41) is 0.238. The number of hydrogen-bond donors (Lipinski definition) is 1. The third-order valence-corrected chi connectivity index (χ3v) is 4.06. The molecular formula is C15H11ClFN3O2S. The highest BCUT2D eigenvalue weighted by Gasteiger charge is 2.14. The van der Waals surface area contributed by atoms with Crippen molar-refractivity contribution >= 4 is 22.3 Å². The van der Waals surface area contributed by atoms with Gasteiger partial charge in [-0.15, -0.1) is 0 Å². The highest BCUT2D eigenvalue weighted by atomic mass is 35.5. The fraction of sp³-hybridized carbons (Fsp3) is 0.0667. The molecule has 0 atom stereocenters. The minimum absolute atomic E-state index is 0.114. The van der Waals surface area contributed by atoms with E-state index in [-0.39, 0.29) is 16.7 Å². The van der Waals surface area contributed by atoms with Crippen molar-refractivity contribution in [1.82, 2.24) is 14.5 Å². The van der Waals surface area contributed by atoms with Crippen molar-refractivity contribution in [2.45, 2.75) is 5.75 Å². The summed E-state index contributed by atoms with van der Waals surface area (Å²) < 4.78 is 36.6. The van der Waals surface area contributed by atoms with Crippen LogP contribution in [0.5, 0.6) is 0 Å². The molecule has 8 heteroatoms. The van der Waals surface area contributed by atoms with Crippen LogP contribution in [0.25, 0.3) is 16.9 Å². The minimum Gasteiger partial charge on any atom is -0.296 e. The highest BCUT2D eigenvalue weighted by Crippen LogP contribution is 2.29. The summed E-state index contributed by atoms with van der Waals surface area (Å²) in [4.78, 5) is 8.16. The summed E-state index contributed by atoms with van der Waals surface area (Å²) in [6.07, 6.45) is 3.03. The van der Waals surface area contributed by atoms with Gasteiger partial charge in [-0.3, -0.25) is 9.55 Å². The highest BCUT2D eigenvalue weighted by molar-refractivity contribution is 7.71. The normalized spacial score (nSPS) is 11.1. The molecule has 0 saturated heterocycles. The van der Waals surface area contributed by atoms with Gasteiger partial charge in [0.25, 0.3) is 0 Å². The second-order valence-electron chi connectivity index (χ2n) is 4.76. The molecule has 1 aromatic carbocycles. The molecule has 0 spiro atoms. The zero-order valence-electron chi connectivity index (χ0n) is 11.7. The van der Waals surface area contributed by atoms with Crippen molar-refractivity contribution in [3.8, 4) is 16.9 Å². The summed E-state index contributed by atoms with van der Waals surface area (Å²) in [5.74, 6) is -0.490. The van der Waals surface area contributed by atoms with Crippen LogP contribution in [0.3, 0.4) is 0 Å². The summed E-state index contributed by atoms with van der Waals surface area (Å²) in [5.41, 5.74) is 2.21. The molecule has 0 fully saturated rings. The number of hydrogen-bond acceptors (Lipinski definition) is 4. The molecule has 0 radical (unpaired) electrons. The fourth-order valence-electron chi connectivity index (χ4n) is 2.20. The number of thiol groups is 1. The van der Waals surface area contributed by atoms with Gasteiger partial charge in [0.15, 0.2) is 5.15 Å². The lowest BCUT2D eigenvalue weighted by molar-refractivity contribution is 0.613. The molecule has 5 nitrogen and oxygen atoms in total. The summed E-state index contributed by atoms with van der Waals surface area (Å²) in [7, 11) is -2.53. The van der Waals surface area contributed by atoms with Crippen molar-refractivity contribution in [2.75, 3.05) is 0 Å². The molecular weight excluding hydrogens is 341 g/mol. The Morgan fingerprint density at radius 2 is 2.00 bits per heavy atom. The van der Waals surface area contributed by atoms with Crippen LogP contribution in [0.1, 0.15) is 5.69 Å². The molecule has 0 N–H and O–H groups in total.